The van der Waals surface area contributed by atoms with Crippen LogP contribution in [0, 0.1) is 10.1 Å². The van der Waals surface area contributed by atoms with E-state index in [0.29, 0.717) is 12.3 Å². The van der Waals surface area contributed by atoms with Gasteiger partial charge in [0.05, 0.1) is 24.6 Å². The van der Waals surface area contributed by atoms with Crippen molar-refractivity contribution >= 4 is 5.69 Å². The van der Waals surface area contributed by atoms with Gasteiger partial charge in [0.15, 0.2) is 0 Å². The first-order valence-corrected chi connectivity index (χ1v) is 6.61. The van der Waals surface area contributed by atoms with Gasteiger partial charge in [-0.25, -0.2) is 0 Å². The summed E-state index contributed by atoms with van der Waals surface area (Å²) in [7, 11) is 1.50. The highest BCUT2D eigenvalue weighted by Gasteiger charge is 2.11. The number of hydrogen-bond donors (Lipinski definition) is 1. The van der Waals surface area contributed by atoms with E-state index in [1.165, 1.54) is 13.2 Å². The highest BCUT2D eigenvalue weighted by molar-refractivity contribution is 5.42. The van der Waals surface area contributed by atoms with Gasteiger partial charge in [-0.05, 0) is 24.6 Å². The molecule has 0 aliphatic carbocycles. The van der Waals surface area contributed by atoms with Gasteiger partial charge in [0.25, 0.3) is 5.69 Å². The Balaban J connectivity index is 1.98. The van der Waals surface area contributed by atoms with Crippen LogP contribution in [0.1, 0.15) is 12.5 Å². The average molecular weight is 290 g/mol. The maximum absolute atomic E-state index is 10.9. The van der Waals surface area contributed by atoms with E-state index in [4.69, 9.17) is 4.74 Å². The monoisotopic (exact) mass is 290 g/mol. The number of ether oxygens (including phenoxy) is 1. The minimum atomic E-state index is -0.417. The average Bonchev–Trinajstić information content (AvgIpc) is 2.97. The van der Waals surface area contributed by atoms with Crippen LogP contribution in [0.4, 0.5) is 5.69 Å². The molecule has 1 aromatic heterocycles. The molecule has 0 fully saturated rings. The summed E-state index contributed by atoms with van der Waals surface area (Å²) in [6, 6.07) is 6.82. The van der Waals surface area contributed by atoms with E-state index >= 15 is 0 Å². The minimum Gasteiger partial charge on any atom is -0.496 e. The largest absolute Gasteiger partial charge is 0.496 e. The molecule has 0 spiro atoms. The zero-order valence-corrected chi connectivity index (χ0v) is 12.0. The number of nitrogens with zero attached hydrogens (tertiary/aromatic N) is 3. The molecule has 7 heteroatoms. The smallest absolute Gasteiger partial charge is 0.273 e. The Bertz CT molecular complexity index is 598. The first-order chi connectivity index (χ1) is 10.1. The van der Waals surface area contributed by atoms with E-state index < -0.39 is 4.92 Å². The summed E-state index contributed by atoms with van der Waals surface area (Å²) >= 11 is 0. The summed E-state index contributed by atoms with van der Waals surface area (Å²) < 4.78 is 6.93. The van der Waals surface area contributed by atoms with Gasteiger partial charge in [-0.1, -0.05) is 0 Å². The topological polar surface area (TPSA) is 82.2 Å². The van der Waals surface area contributed by atoms with Gasteiger partial charge < -0.3 is 10.1 Å². The number of aromatic nitrogens is 2. The number of rotatable bonds is 7. The lowest BCUT2D eigenvalue weighted by Crippen LogP contribution is -2.30. The van der Waals surface area contributed by atoms with E-state index in [-0.39, 0.29) is 11.7 Å². The number of nitro groups is 1. The van der Waals surface area contributed by atoms with E-state index in [1.54, 1.807) is 18.3 Å². The molecule has 112 valence electrons. The summed E-state index contributed by atoms with van der Waals surface area (Å²) in [6.45, 7) is 3.30. The van der Waals surface area contributed by atoms with Crippen molar-refractivity contribution in [3.05, 3.63) is 52.3 Å². The van der Waals surface area contributed by atoms with Crippen molar-refractivity contribution in [1.29, 1.82) is 0 Å². The van der Waals surface area contributed by atoms with Gasteiger partial charge in [0, 0.05) is 31.0 Å². The summed E-state index contributed by atoms with van der Waals surface area (Å²) in [5, 5.41) is 18.3. The Morgan fingerprint density at radius 3 is 2.90 bits per heavy atom. The van der Waals surface area contributed by atoms with Gasteiger partial charge in [-0.15, -0.1) is 0 Å². The van der Waals surface area contributed by atoms with Crippen LogP contribution in [0.15, 0.2) is 36.7 Å². The quantitative estimate of drug-likeness (QED) is 0.623. The third-order valence-corrected chi connectivity index (χ3v) is 3.07. The first kappa shape index (κ1) is 15.0. The summed E-state index contributed by atoms with van der Waals surface area (Å²) in [4.78, 5) is 10.5. The summed E-state index contributed by atoms with van der Waals surface area (Å²) in [5.41, 5.74) is 0.847. The van der Waals surface area contributed by atoms with E-state index in [1.807, 2.05) is 23.9 Å². The summed E-state index contributed by atoms with van der Waals surface area (Å²) in [5.74, 6) is 0.487. The van der Waals surface area contributed by atoms with Crippen LogP contribution >= 0.6 is 0 Å². The van der Waals surface area contributed by atoms with E-state index in [9.17, 15) is 10.1 Å². The van der Waals surface area contributed by atoms with Gasteiger partial charge in [-0.3, -0.25) is 14.8 Å². The number of hydrogen-bond acceptors (Lipinski definition) is 5. The standard InChI is InChI=1S/C14H18N4O3/c1-11(10-17-5-3-4-16-17)15-9-12-6-13(18(19)20)8-14(7-12)21-2/h3-8,11,15H,9-10H2,1-2H3. The molecule has 0 amide bonds. The maximum Gasteiger partial charge on any atom is 0.273 e. The third-order valence-electron chi connectivity index (χ3n) is 3.07. The predicted octanol–water partition coefficient (Wildman–Crippen LogP) is 1.98. The zero-order chi connectivity index (χ0) is 15.2. The Kier molecular flexibility index (Phi) is 4.89. The number of methoxy groups -OCH3 is 1. The van der Waals surface area contributed by atoms with Crippen LogP contribution in [0.25, 0.3) is 0 Å². The number of non-ortho nitro benzene ring substituents is 1. The second-order valence-electron chi connectivity index (χ2n) is 4.81. The lowest BCUT2D eigenvalue weighted by molar-refractivity contribution is -0.385. The Hall–Kier alpha value is -2.41. The van der Waals surface area contributed by atoms with Gasteiger partial charge >= 0.3 is 0 Å². The third kappa shape index (κ3) is 4.28. The van der Waals surface area contributed by atoms with Gasteiger partial charge in [0.2, 0.25) is 0 Å². The molecule has 2 aromatic rings. The molecule has 0 aliphatic heterocycles. The fourth-order valence-electron chi connectivity index (χ4n) is 2.01. The molecular formula is C14H18N4O3. The molecule has 7 nitrogen and oxygen atoms in total. The Morgan fingerprint density at radius 1 is 1.48 bits per heavy atom. The number of nitrogens with one attached hydrogen (secondary N) is 1. The fourth-order valence-corrected chi connectivity index (χ4v) is 2.01. The molecule has 1 heterocycles. The van der Waals surface area contributed by atoms with Crippen molar-refractivity contribution in [3.8, 4) is 5.75 Å². The second kappa shape index (κ2) is 6.85. The SMILES string of the molecule is COc1cc(CNC(C)Cn2cccn2)cc([N+](=O)[O-])c1. The highest BCUT2D eigenvalue weighted by Crippen LogP contribution is 2.22. The van der Waals surface area contributed by atoms with Crippen LogP contribution in [0.3, 0.4) is 0 Å². The molecule has 0 aliphatic rings. The molecule has 0 bridgehead atoms. The van der Waals surface area contributed by atoms with Crippen molar-refractivity contribution in [3.63, 3.8) is 0 Å². The van der Waals surface area contributed by atoms with Crippen LogP contribution in [-0.4, -0.2) is 27.9 Å². The van der Waals surface area contributed by atoms with Gasteiger partial charge in [-0.2, -0.15) is 5.10 Å². The van der Waals surface area contributed by atoms with Crippen molar-refractivity contribution in [2.75, 3.05) is 7.11 Å². The zero-order valence-electron chi connectivity index (χ0n) is 12.0. The molecule has 21 heavy (non-hydrogen) atoms. The molecule has 0 saturated heterocycles. The van der Waals surface area contributed by atoms with Crippen molar-refractivity contribution in [1.82, 2.24) is 15.1 Å². The molecule has 1 unspecified atom stereocenters. The van der Waals surface area contributed by atoms with Crippen LogP contribution in [-0.2, 0) is 13.1 Å². The van der Waals surface area contributed by atoms with Crippen LogP contribution < -0.4 is 10.1 Å². The lowest BCUT2D eigenvalue weighted by atomic mass is 10.1. The predicted molar refractivity (Wildman–Crippen MR) is 78.2 cm³/mol. The molecule has 1 atom stereocenters. The van der Waals surface area contributed by atoms with E-state index in [2.05, 4.69) is 10.4 Å². The van der Waals surface area contributed by atoms with Crippen molar-refractivity contribution in [2.24, 2.45) is 0 Å². The maximum atomic E-state index is 10.9. The number of benzene rings is 1. The van der Waals surface area contributed by atoms with Crippen molar-refractivity contribution in [2.45, 2.75) is 26.1 Å². The second-order valence-corrected chi connectivity index (χ2v) is 4.81. The highest BCUT2D eigenvalue weighted by atomic mass is 16.6. The lowest BCUT2D eigenvalue weighted by Gasteiger charge is -2.14. The Morgan fingerprint density at radius 2 is 2.29 bits per heavy atom. The molecule has 2 rings (SSSR count). The summed E-state index contributed by atoms with van der Waals surface area (Å²) in [6.07, 6.45) is 3.63. The van der Waals surface area contributed by atoms with Crippen LogP contribution in [0.2, 0.25) is 0 Å². The molecule has 0 saturated carbocycles. The molecule has 0 radical (unpaired) electrons. The molecular weight excluding hydrogens is 272 g/mol. The van der Waals surface area contributed by atoms with E-state index in [0.717, 1.165) is 12.1 Å². The number of nitro benzene ring substituents is 1. The molecule has 1 N–H and O–H groups in total. The minimum absolute atomic E-state index is 0.0332. The van der Waals surface area contributed by atoms with Gasteiger partial charge in [0.1, 0.15) is 5.75 Å². The first-order valence-electron chi connectivity index (χ1n) is 6.61. The Labute approximate surface area is 122 Å². The molecule has 1 aromatic carbocycles. The fraction of sp³-hybridized carbons (Fsp3) is 0.357. The normalized spacial score (nSPS) is 12.1. The van der Waals surface area contributed by atoms with Crippen LogP contribution in [0.5, 0.6) is 5.75 Å². The van der Waals surface area contributed by atoms with Crippen molar-refractivity contribution < 1.29 is 9.66 Å².